The van der Waals surface area contributed by atoms with E-state index in [9.17, 15) is 20.0 Å². The van der Waals surface area contributed by atoms with E-state index in [1.54, 1.807) is 13.0 Å². The molecule has 2 aromatic carbocycles. The number of nitro benzene ring substituents is 1. The number of azo groups is 1. The van der Waals surface area contributed by atoms with Gasteiger partial charge < -0.3 is 10.1 Å². The first kappa shape index (κ1) is 18.2. The second kappa shape index (κ2) is 6.79. The maximum absolute atomic E-state index is 12.8. The number of nitro groups is 1. The van der Waals surface area contributed by atoms with E-state index in [0.29, 0.717) is 33.1 Å². The van der Waals surface area contributed by atoms with Crippen molar-refractivity contribution in [3.8, 4) is 5.88 Å². The first-order chi connectivity index (χ1) is 13.8. The molecule has 0 radical (unpaired) electrons. The zero-order chi connectivity index (χ0) is 20.7. The van der Waals surface area contributed by atoms with Gasteiger partial charge in [-0.3, -0.25) is 19.9 Å². The number of nitrogens with zero attached hydrogens (tertiary/aromatic N) is 4. The van der Waals surface area contributed by atoms with Crippen LogP contribution in [0.3, 0.4) is 0 Å². The summed E-state index contributed by atoms with van der Waals surface area (Å²) in [4.78, 5) is 30.3. The first-order valence-corrected chi connectivity index (χ1v) is 8.66. The monoisotopic (exact) mass is 389 g/mol. The molecule has 2 N–H and O–H groups in total. The van der Waals surface area contributed by atoms with Crippen molar-refractivity contribution >= 4 is 39.1 Å². The van der Waals surface area contributed by atoms with E-state index < -0.39 is 10.8 Å². The number of nitrogens with one attached hydrogen (secondary N) is 1. The number of fused-ring (bicyclic) bond motifs is 2. The highest BCUT2D eigenvalue weighted by Gasteiger charge is 2.16. The fraction of sp³-hybridized carbons (Fsp3) is 0.100. The number of non-ortho nitro benzene ring substituents is 1. The van der Waals surface area contributed by atoms with Gasteiger partial charge in [-0.25, -0.2) is 0 Å². The molecule has 4 rings (SSSR count). The van der Waals surface area contributed by atoms with Crippen molar-refractivity contribution in [3.05, 3.63) is 69.4 Å². The van der Waals surface area contributed by atoms with Crippen molar-refractivity contribution < 1.29 is 14.8 Å². The van der Waals surface area contributed by atoms with Gasteiger partial charge in [-0.05, 0) is 38.1 Å². The summed E-state index contributed by atoms with van der Waals surface area (Å²) in [6, 6.07) is 11.2. The van der Waals surface area contributed by atoms with Gasteiger partial charge >= 0.3 is 0 Å². The summed E-state index contributed by atoms with van der Waals surface area (Å²) in [6.45, 7) is 3.68. The third-order valence-corrected chi connectivity index (χ3v) is 4.51. The Balaban J connectivity index is 1.79. The fourth-order valence-corrected chi connectivity index (χ4v) is 3.16. The Kier molecular flexibility index (Phi) is 4.27. The quantitative estimate of drug-likeness (QED) is 0.293. The first-order valence-electron chi connectivity index (χ1n) is 8.66. The number of aryl methyl sites for hydroxylation is 2. The topological polar surface area (TPSA) is 134 Å². The summed E-state index contributed by atoms with van der Waals surface area (Å²) < 4.78 is 0. The van der Waals surface area contributed by atoms with E-state index in [1.165, 1.54) is 18.2 Å². The number of pyridine rings is 1. The van der Waals surface area contributed by atoms with Crippen molar-refractivity contribution in [3.63, 3.8) is 0 Å². The molecular formula is C20H15N5O4. The van der Waals surface area contributed by atoms with E-state index in [-0.39, 0.29) is 17.3 Å². The van der Waals surface area contributed by atoms with Crippen LogP contribution < -0.4 is 0 Å². The predicted octanol–water partition coefficient (Wildman–Crippen LogP) is 4.87. The molecule has 0 unspecified atom stereocenters. The minimum Gasteiger partial charge on any atom is -0.493 e. The van der Waals surface area contributed by atoms with Gasteiger partial charge in [0.2, 0.25) is 5.88 Å². The molecule has 0 aliphatic carbocycles. The lowest BCUT2D eigenvalue weighted by atomic mass is 10.1. The molecule has 9 heteroatoms. The Morgan fingerprint density at radius 3 is 2.69 bits per heavy atom. The summed E-state index contributed by atoms with van der Waals surface area (Å²) in [5.74, 6) is -0.936. The van der Waals surface area contributed by atoms with E-state index in [2.05, 4.69) is 20.2 Å². The number of aromatic nitrogens is 2. The van der Waals surface area contributed by atoms with Gasteiger partial charge in [0, 0.05) is 28.6 Å². The van der Waals surface area contributed by atoms with Gasteiger partial charge in [0.05, 0.1) is 21.5 Å². The standard InChI is InChI=1S/C20H15N5O4/c1-10-3-5-16-13(7-10)14(8-11(2)21-16)19(26)24-23-18-15-9-12(25(28)29)4-6-17(15)22-20(18)27/h3-9,22,27H,1-2H3. The van der Waals surface area contributed by atoms with Crippen molar-refractivity contribution in [2.45, 2.75) is 13.8 Å². The van der Waals surface area contributed by atoms with Crippen LogP contribution in [0.2, 0.25) is 0 Å². The van der Waals surface area contributed by atoms with Crippen LogP contribution in [-0.4, -0.2) is 25.9 Å². The van der Waals surface area contributed by atoms with E-state index >= 15 is 0 Å². The fourth-order valence-electron chi connectivity index (χ4n) is 3.16. The number of aromatic amines is 1. The van der Waals surface area contributed by atoms with Crippen LogP contribution in [0.1, 0.15) is 21.6 Å². The van der Waals surface area contributed by atoms with Crippen LogP contribution in [0.5, 0.6) is 5.88 Å². The number of H-pyrrole nitrogens is 1. The second-order valence-electron chi connectivity index (χ2n) is 6.65. The average molecular weight is 389 g/mol. The lowest BCUT2D eigenvalue weighted by Gasteiger charge is -2.05. The van der Waals surface area contributed by atoms with E-state index in [1.807, 2.05) is 25.1 Å². The number of rotatable bonds is 3. The Bertz CT molecular complexity index is 1340. The van der Waals surface area contributed by atoms with Crippen molar-refractivity contribution in [1.82, 2.24) is 9.97 Å². The molecular weight excluding hydrogens is 374 g/mol. The highest BCUT2D eigenvalue weighted by atomic mass is 16.6. The third kappa shape index (κ3) is 3.29. The van der Waals surface area contributed by atoms with Crippen LogP contribution in [-0.2, 0) is 0 Å². The van der Waals surface area contributed by atoms with Crippen molar-refractivity contribution in [2.75, 3.05) is 0 Å². The van der Waals surface area contributed by atoms with Crippen molar-refractivity contribution in [2.24, 2.45) is 10.2 Å². The highest BCUT2D eigenvalue weighted by Crippen LogP contribution is 2.37. The summed E-state index contributed by atoms with van der Waals surface area (Å²) in [5, 5.41) is 29.7. The van der Waals surface area contributed by atoms with Gasteiger partial charge in [-0.15, -0.1) is 10.2 Å². The molecule has 0 spiro atoms. The molecule has 2 aromatic heterocycles. The van der Waals surface area contributed by atoms with Crippen LogP contribution in [0.4, 0.5) is 11.4 Å². The van der Waals surface area contributed by atoms with Gasteiger partial charge in [-0.1, -0.05) is 11.6 Å². The molecule has 9 nitrogen and oxygen atoms in total. The van der Waals surface area contributed by atoms with Gasteiger partial charge in [0.15, 0.2) is 5.69 Å². The van der Waals surface area contributed by atoms with Crippen LogP contribution in [0.15, 0.2) is 52.7 Å². The molecule has 0 saturated carbocycles. The minimum absolute atomic E-state index is 0.0386. The zero-order valence-electron chi connectivity index (χ0n) is 15.5. The smallest absolute Gasteiger partial charge is 0.296 e. The summed E-state index contributed by atoms with van der Waals surface area (Å²) in [7, 11) is 0. The summed E-state index contributed by atoms with van der Waals surface area (Å²) in [5.41, 5.74) is 2.87. The van der Waals surface area contributed by atoms with Crippen LogP contribution in [0, 0.1) is 24.0 Å². The van der Waals surface area contributed by atoms with E-state index in [0.717, 1.165) is 5.56 Å². The average Bonchev–Trinajstić information content (AvgIpc) is 3.00. The number of hydrogen-bond donors (Lipinski definition) is 2. The molecule has 0 atom stereocenters. The van der Waals surface area contributed by atoms with Gasteiger partial charge in [-0.2, -0.15) is 0 Å². The van der Waals surface area contributed by atoms with Crippen LogP contribution in [0.25, 0.3) is 21.8 Å². The molecule has 0 aliphatic rings. The Hall–Kier alpha value is -4.14. The van der Waals surface area contributed by atoms with Gasteiger partial charge in [0.1, 0.15) is 0 Å². The molecule has 0 bridgehead atoms. The molecule has 0 fully saturated rings. The maximum Gasteiger partial charge on any atom is 0.296 e. The maximum atomic E-state index is 12.8. The molecule has 29 heavy (non-hydrogen) atoms. The third-order valence-electron chi connectivity index (χ3n) is 4.51. The lowest BCUT2D eigenvalue weighted by Crippen LogP contribution is -1.99. The largest absolute Gasteiger partial charge is 0.493 e. The summed E-state index contributed by atoms with van der Waals surface area (Å²) in [6.07, 6.45) is 0. The predicted molar refractivity (Wildman–Crippen MR) is 107 cm³/mol. The number of aromatic hydroxyl groups is 1. The minimum atomic E-state index is -0.606. The molecule has 144 valence electrons. The lowest BCUT2D eigenvalue weighted by molar-refractivity contribution is -0.384. The molecule has 4 aromatic rings. The Labute approximate surface area is 163 Å². The highest BCUT2D eigenvalue weighted by molar-refractivity contribution is 6.07. The number of hydrogen-bond acceptors (Lipinski definition) is 6. The second-order valence-corrected chi connectivity index (χ2v) is 6.65. The Morgan fingerprint density at radius 1 is 1.14 bits per heavy atom. The molecule has 2 heterocycles. The SMILES string of the molecule is Cc1ccc2nc(C)cc(C(=O)N=Nc3c(O)[nH]c4ccc([N+](=O)[O-])cc34)c2c1. The number of amides is 1. The normalized spacial score (nSPS) is 11.5. The number of carbonyl (C=O) groups excluding carboxylic acids is 1. The van der Waals surface area contributed by atoms with Gasteiger partial charge in [0.25, 0.3) is 11.6 Å². The number of carbonyl (C=O) groups is 1. The van der Waals surface area contributed by atoms with Crippen molar-refractivity contribution in [1.29, 1.82) is 0 Å². The van der Waals surface area contributed by atoms with E-state index in [4.69, 9.17) is 0 Å². The summed E-state index contributed by atoms with van der Waals surface area (Å²) >= 11 is 0. The molecule has 1 amide bonds. The molecule has 0 saturated heterocycles. The Morgan fingerprint density at radius 2 is 1.93 bits per heavy atom. The number of benzene rings is 2. The van der Waals surface area contributed by atoms with Crippen LogP contribution >= 0.6 is 0 Å². The molecule has 0 aliphatic heterocycles. The zero-order valence-corrected chi connectivity index (χ0v) is 15.5.